The summed E-state index contributed by atoms with van der Waals surface area (Å²) in [4.78, 5) is 4.34. The fraction of sp³-hybridized carbons (Fsp3) is 0.400. The number of sulfonamides is 1. The molecule has 2 aromatic rings. The van der Waals surface area contributed by atoms with Crippen LogP contribution in [0.4, 0.5) is 0 Å². The van der Waals surface area contributed by atoms with Crippen molar-refractivity contribution in [1.29, 1.82) is 0 Å². The van der Waals surface area contributed by atoms with E-state index in [0.29, 0.717) is 24.0 Å². The molecular formula is C15H17ClN2O2S2. The van der Waals surface area contributed by atoms with E-state index in [2.05, 4.69) is 4.98 Å². The third kappa shape index (κ3) is 3.68. The molecule has 0 saturated carbocycles. The highest BCUT2D eigenvalue weighted by Crippen LogP contribution is 2.30. The van der Waals surface area contributed by atoms with Crippen LogP contribution in [0, 0.1) is 0 Å². The lowest BCUT2D eigenvalue weighted by Crippen LogP contribution is -2.38. The van der Waals surface area contributed by atoms with E-state index in [0.717, 1.165) is 23.4 Å². The Morgan fingerprint density at radius 1 is 1.23 bits per heavy atom. The van der Waals surface area contributed by atoms with Gasteiger partial charge in [-0.25, -0.2) is 17.7 Å². The molecule has 3 rings (SSSR count). The number of nitrogens with zero attached hydrogens (tertiary/aromatic N) is 2. The van der Waals surface area contributed by atoms with E-state index in [1.54, 1.807) is 39.9 Å². The maximum atomic E-state index is 12.5. The van der Waals surface area contributed by atoms with Crippen molar-refractivity contribution < 1.29 is 8.42 Å². The van der Waals surface area contributed by atoms with Gasteiger partial charge in [0.05, 0.1) is 10.8 Å². The molecule has 1 saturated heterocycles. The Kier molecular flexibility index (Phi) is 4.82. The van der Waals surface area contributed by atoms with Crippen LogP contribution < -0.4 is 0 Å². The van der Waals surface area contributed by atoms with Crippen LogP contribution in [0.25, 0.3) is 0 Å². The second-order valence-corrected chi connectivity index (χ2v) is 8.76. The van der Waals surface area contributed by atoms with Crippen LogP contribution in [-0.4, -0.2) is 30.8 Å². The van der Waals surface area contributed by atoms with Crippen LogP contribution in [0.2, 0.25) is 5.02 Å². The molecule has 1 aromatic carbocycles. The first-order valence-electron chi connectivity index (χ1n) is 7.16. The Hall–Kier alpha value is -0.950. The highest BCUT2D eigenvalue weighted by Gasteiger charge is 2.29. The first-order valence-corrected chi connectivity index (χ1v) is 10.0. The molecule has 1 aromatic heterocycles. The fourth-order valence-corrected chi connectivity index (χ4v) is 5.20. The molecule has 22 heavy (non-hydrogen) atoms. The molecule has 1 aliphatic heterocycles. The molecule has 2 heterocycles. The summed E-state index contributed by atoms with van der Waals surface area (Å²) < 4.78 is 26.6. The fourth-order valence-electron chi connectivity index (χ4n) is 2.70. The Labute approximate surface area is 139 Å². The van der Waals surface area contributed by atoms with E-state index in [4.69, 9.17) is 11.6 Å². The molecule has 118 valence electrons. The minimum absolute atomic E-state index is 0.0338. The highest BCUT2D eigenvalue weighted by atomic mass is 35.5. The topological polar surface area (TPSA) is 50.3 Å². The summed E-state index contributed by atoms with van der Waals surface area (Å²) in [6.45, 7) is 1.14. The van der Waals surface area contributed by atoms with Gasteiger partial charge in [0, 0.05) is 35.6 Å². The summed E-state index contributed by atoms with van der Waals surface area (Å²) in [5.74, 6) is 0.425. The summed E-state index contributed by atoms with van der Waals surface area (Å²) in [5, 5.41) is 3.71. The number of thiazole rings is 1. The summed E-state index contributed by atoms with van der Waals surface area (Å²) >= 11 is 7.48. The molecule has 0 atom stereocenters. The van der Waals surface area contributed by atoms with Gasteiger partial charge in [-0.15, -0.1) is 11.3 Å². The van der Waals surface area contributed by atoms with Crippen LogP contribution in [0.15, 0.2) is 35.8 Å². The normalized spacial score (nSPS) is 17.7. The molecular weight excluding hydrogens is 340 g/mol. The molecule has 0 bridgehead atoms. The SMILES string of the molecule is O=S(=O)(Cc1ccc(Cl)cc1)N1CCC(c2nccs2)CC1. The van der Waals surface area contributed by atoms with Crippen LogP contribution in [0.1, 0.15) is 29.3 Å². The Bertz CT molecular complexity index is 707. The molecule has 0 radical (unpaired) electrons. The van der Waals surface area contributed by atoms with Gasteiger partial charge in [0.15, 0.2) is 0 Å². The van der Waals surface area contributed by atoms with Gasteiger partial charge in [0.2, 0.25) is 10.0 Å². The number of rotatable bonds is 4. The van der Waals surface area contributed by atoms with Crippen molar-refractivity contribution in [3.63, 3.8) is 0 Å². The zero-order valence-electron chi connectivity index (χ0n) is 12.0. The van der Waals surface area contributed by atoms with Crippen LogP contribution in [0.3, 0.4) is 0 Å². The molecule has 0 amide bonds. The van der Waals surface area contributed by atoms with E-state index in [9.17, 15) is 8.42 Å². The number of benzene rings is 1. The second kappa shape index (κ2) is 6.66. The van der Waals surface area contributed by atoms with E-state index in [-0.39, 0.29) is 5.75 Å². The highest BCUT2D eigenvalue weighted by molar-refractivity contribution is 7.88. The van der Waals surface area contributed by atoms with Crippen LogP contribution >= 0.6 is 22.9 Å². The monoisotopic (exact) mass is 356 g/mol. The van der Waals surface area contributed by atoms with Crippen molar-refractivity contribution in [2.75, 3.05) is 13.1 Å². The van der Waals surface area contributed by atoms with Crippen molar-refractivity contribution in [1.82, 2.24) is 9.29 Å². The number of hydrogen-bond acceptors (Lipinski definition) is 4. The largest absolute Gasteiger partial charge is 0.249 e. The Balaban J connectivity index is 1.63. The zero-order valence-corrected chi connectivity index (χ0v) is 14.4. The predicted molar refractivity (Wildman–Crippen MR) is 89.7 cm³/mol. The number of hydrogen-bond donors (Lipinski definition) is 0. The maximum Gasteiger partial charge on any atom is 0.218 e. The third-order valence-electron chi connectivity index (χ3n) is 3.91. The summed E-state index contributed by atoms with van der Waals surface area (Å²) in [7, 11) is -3.27. The van der Waals surface area contributed by atoms with E-state index >= 15 is 0 Å². The van der Waals surface area contributed by atoms with Gasteiger partial charge in [-0.1, -0.05) is 23.7 Å². The minimum atomic E-state index is -3.27. The molecule has 0 spiro atoms. The predicted octanol–water partition coefficient (Wildman–Crippen LogP) is 3.51. The minimum Gasteiger partial charge on any atom is -0.249 e. The second-order valence-electron chi connectivity index (χ2n) is 5.43. The van der Waals surface area contributed by atoms with Gasteiger partial charge in [-0.05, 0) is 30.5 Å². The summed E-state index contributed by atoms with van der Waals surface area (Å²) in [6, 6.07) is 6.98. The van der Waals surface area contributed by atoms with Gasteiger partial charge in [-0.2, -0.15) is 0 Å². The third-order valence-corrected chi connectivity index (χ3v) is 6.95. The Morgan fingerprint density at radius 2 is 1.91 bits per heavy atom. The smallest absolute Gasteiger partial charge is 0.218 e. The summed E-state index contributed by atoms with van der Waals surface area (Å²) in [5.41, 5.74) is 0.770. The van der Waals surface area contributed by atoms with E-state index in [1.807, 2.05) is 11.6 Å². The number of halogens is 1. The van der Waals surface area contributed by atoms with E-state index < -0.39 is 10.0 Å². The number of piperidine rings is 1. The lowest BCUT2D eigenvalue weighted by atomic mass is 9.99. The van der Waals surface area contributed by atoms with Crippen molar-refractivity contribution in [3.05, 3.63) is 51.4 Å². The summed E-state index contributed by atoms with van der Waals surface area (Å²) in [6.07, 6.45) is 3.49. The van der Waals surface area contributed by atoms with Gasteiger partial charge < -0.3 is 0 Å². The quantitative estimate of drug-likeness (QED) is 0.842. The van der Waals surface area contributed by atoms with Gasteiger partial charge in [-0.3, -0.25) is 0 Å². The van der Waals surface area contributed by atoms with Crippen LogP contribution in [0.5, 0.6) is 0 Å². The van der Waals surface area contributed by atoms with Gasteiger partial charge in [0.1, 0.15) is 0 Å². The first kappa shape index (κ1) is 15.9. The van der Waals surface area contributed by atoms with Gasteiger partial charge in [0.25, 0.3) is 0 Å². The first-order chi connectivity index (χ1) is 10.5. The molecule has 4 nitrogen and oxygen atoms in total. The van der Waals surface area contributed by atoms with Gasteiger partial charge >= 0.3 is 0 Å². The molecule has 1 fully saturated rings. The lowest BCUT2D eigenvalue weighted by Gasteiger charge is -2.30. The van der Waals surface area contributed by atoms with Crippen molar-refractivity contribution in [3.8, 4) is 0 Å². The molecule has 1 aliphatic rings. The lowest BCUT2D eigenvalue weighted by molar-refractivity contribution is 0.319. The van der Waals surface area contributed by atoms with Crippen molar-refractivity contribution >= 4 is 33.0 Å². The number of aromatic nitrogens is 1. The zero-order chi connectivity index (χ0) is 15.6. The average molecular weight is 357 g/mol. The Morgan fingerprint density at radius 3 is 2.50 bits per heavy atom. The van der Waals surface area contributed by atoms with E-state index in [1.165, 1.54) is 0 Å². The molecule has 0 N–H and O–H groups in total. The van der Waals surface area contributed by atoms with Crippen molar-refractivity contribution in [2.24, 2.45) is 0 Å². The molecule has 7 heteroatoms. The maximum absolute atomic E-state index is 12.5. The molecule has 0 aliphatic carbocycles. The molecule has 0 unspecified atom stereocenters. The average Bonchev–Trinajstić information content (AvgIpc) is 3.04. The van der Waals surface area contributed by atoms with Crippen LogP contribution in [-0.2, 0) is 15.8 Å². The van der Waals surface area contributed by atoms with Crippen molar-refractivity contribution in [2.45, 2.75) is 24.5 Å². The standard InChI is InChI=1S/C15H17ClN2O2S2/c16-14-3-1-12(2-4-14)11-22(19,20)18-8-5-13(6-9-18)15-17-7-10-21-15/h1-4,7,10,13H,5-6,8-9,11H2.